The molecule has 17 heavy (non-hydrogen) atoms. The Morgan fingerprint density at radius 3 is 2.59 bits per heavy atom. The van der Waals surface area contributed by atoms with Gasteiger partial charge in [0.25, 0.3) is 0 Å². The van der Waals surface area contributed by atoms with Gasteiger partial charge in [-0.25, -0.2) is 0 Å². The topological polar surface area (TPSA) is 21.3 Å². The van der Waals surface area contributed by atoms with Gasteiger partial charge in [-0.2, -0.15) is 0 Å². The highest BCUT2D eigenvalue weighted by Crippen LogP contribution is 2.39. The Bertz CT molecular complexity index is 230. The molecule has 1 saturated carbocycles. The van der Waals surface area contributed by atoms with Crippen LogP contribution >= 0.6 is 11.8 Å². The second kappa shape index (κ2) is 6.44. The molecule has 3 unspecified atom stereocenters. The summed E-state index contributed by atoms with van der Waals surface area (Å²) in [5, 5.41) is 5.27. The highest BCUT2D eigenvalue weighted by molar-refractivity contribution is 8.00. The molecule has 0 radical (unpaired) electrons. The van der Waals surface area contributed by atoms with Gasteiger partial charge in [-0.15, -0.1) is 11.8 Å². The Morgan fingerprint density at radius 2 is 2.06 bits per heavy atom. The molecule has 3 atom stereocenters. The van der Waals surface area contributed by atoms with Gasteiger partial charge in [0.2, 0.25) is 0 Å². The quantitative estimate of drug-likeness (QED) is 0.818. The molecule has 0 aromatic heterocycles. The maximum Gasteiger partial charge on any atom is 0.0608 e. The third-order valence-electron chi connectivity index (χ3n) is 4.22. The van der Waals surface area contributed by atoms with Crippen LogP contribution in [0.3, 0.4) is 0 Å². The van der Waals surface area contributed by atoms with Gasteiger partial charge in [0.1, 0.15) is 0 Å². The first kappa shape index (κ1) is 13.7. The van der Waals surface area contributed by atoms with Gasteiger partial charge >= 0.3 is 0 Å². The molecule has 2 nitrogen and oxygen atoms in total. The van der Waals surface area contributed by atoms with Gasteiger partial charge in [0.15, 0.2) is 0 Å². The Morgan fingerprint density at radius 1 is 1.29 bits per heavy atom. The van der Waals surface area contributed by atoms with E-state index >= 15 is 0 Å². The molecule has 0 bridgehead atoms. The maximum absolute atomic E-state index is 5.30. The lowest BCUT2D eigenvalue weighted by Gasteiger charge is -2.40. The first-order valence-electron chi connectivity index (χ1n) is 7.17. The molecular weight excluding hydrogens is 230 g/mol. The molecule has 0 amide bonds. The molecule has 3 heteroatoms. The summed E-state index contributed by atoms with van der Waals surface area (Å²) in [5.74, 6) is 1.78. The van der Waals surface area contributed by atoms with Crippen molar-refractivity contribution >= 4 is 11.8 Å². The van der Waals surface area contributed by atoms with Crippen LogP contribution in [0.5, 0.6) is 0 Å². The van der Waals surface area contributed by atoms with Gasteiger partial charge in [-0.3, -0.25) is 0 Å². The van der Waals surface area contributed by atoms with Crippen molar-refractivity contribution in [3.63, 3.8) is 0 Å². The summed E-state index contributed by atoms with van der Waals surface area (Å²) < 4.78 is 5.30. The maximum atomic E-state index is 5.30. The monoisotopic (exact) mass is 257 g/mol. The molecule has 1 heterocycles. The number of hydrogen-bond donors (Lipinski definition) is 1. The third kappa shape index (κ3) is 3.62. The van der Waals surface area contributed by atoms with Gasteiger partial charge in [-0.1, -0.05) is 20.8 Å². The van der Waals surface area contributed by atoms with E-state index in [-0.39, 0.29) is 0 Å². The van der Waals surface area contributed by atoms with E-state index in [4.69, 9.17) is 4.74 Å². The zero-order valence-electron chi connectivity index (χ0n) is 11.4. The van der Waals surface area contributed by atoms with E-state index in [0.29, 0.717) is 0 Å². The lowest BCUT2D eigenvalue weighted by atomic mass is 9.79. The van der Waals surface area contributed by atoms with E-state index in [0.717, 1.165) is 48.1 Å². The fraction of sp³-hybridized carbons (Fsp3) is 1.00. The van der Waals surface area contributed by atoms with Crippen molar-refractivity contribution in [3.05, 3.63) is 0 Å². The molecular formula is C14H27NOS. The number of ether oxygens (including phenoxy) is 1. The zero-order valence-corrected chi connectivity index (χ0v) is 12.3. The Hall–Kier alpha value is 0.270. The van der Waals surface area contributed by atoms with Crippen LogP contribution in [0.4, 0.5) is 0 Å². The van der Waals surface area contributed by atoms with Crippen LogP contribution in [0.1, 0.15) is 40.0 Å². The molecule has 0 spiro atoms. The van der Waals surface area contributed by atoms with Crippen LogP contribution in [-0.4, -0.2) is 36.3 Å². The number of nitrogens with one attached hydrogen (secondary N) is 1. The van der Waals surface area contributed by atoms with Gasteiger partial charge < -0.3 is 10.1 Å². The zero-order chi connectivity index (χ0) is 12.3. The van der Waals surface area contributed by atoms with E-state index in [1.165, 1.54) is 19.3 Å². The van der Waals surface area contributed by atoms with Crippen molar-refractivity contribution in [3.8, 4) is 0 Å². The predicted molar refractivity (Wildman–Crippen MR) is 75.6 cm³/mol. The summed E-state index contributed by atoms with van der Waals surface area (Å²) >= 11 is 2.19. The highest BCUT2D eigenvalue weighted by atomic mass is 32.2. The minimum Gasteiger partial charge on any atom is -0.379 e. The minimum absolute atomic E-state index is 0.737. The van der Waals surface area contributed by atoms with E-state index < -0.39 is 0 Å². The molecule has 1 aliphatic heterocycles. The largest absolute Gasteiger partial charge is 0.379 e. The van der Waals surface area contributed by atoms with Crippen LogP contribution in [0.25, 0.3) is 0 Å². The molecule has 2 fully saturated rings. The smallest absolute Gasteiger partial charge is 0.0608 e. The fourth-order valence-electron chi connectivity index (χ4n) is 2.95. The molecule has 1 aliphatic carbocycles. The molecule has 2 aliphatic rings. The fourth-order valence-corrected chi connectivity index (χ4v) is 4.58. The van der Waals surface area contributed by atoms with Crippen molar-refractivity contribution in [1.29, 1.82) is 0 Å². The van der Waals surface area contributed by atoms with Crippen molar-refractivity contribution in [2.45, 2.75) is 56.6 Å². The number of hydrogen-bond acceptors (Lipinski definition) is 3. The molecule has 0 aromatic rings. The molecule has 1 saturated heterocycles. The Labute approximate surface area is 110 Å². The van der Waals surface area contributed by atoms with Gasteiger partial charge in [-0.05, 0) is 37.6 Å². The van der Waals surface area contributed by atoms with E-state index in [9.17, 15) is 0 Å². The van der Waals surface area contributed by atoms with Crippen molar-refractivity contribution in [2.75, 3.05) is 19.8 Å². The van der Waals surface area contributed by atoms with Crippen LogP contribution in [0.15, 0.2) is 0 Å². The summed E-state index contributed by atoms with van der Waals surface area (Å²) in [7, 11) is 0. The first-order valence-corrected chi connectivity index (χ1v) is 8.11. The summed E-state index contributed by atoms with van der Waals surface area (Å²) in [4.78, 5) is 0. The third-order valence-corrected chi connectivity index (χ3v) is 5.74. The normalized spacial score (nSPS) is 34.9. The van der Waals surface area contributed by atoms with Crippen LogP contribution in [0.2, 0.25) is 0 Å². The van der Waals surface area contributed by atoms with E-state index in [1.54, 1.807) is 0 Å². The standard InChI is InChI=1S/C14H27NOS/c1-4-15-13-6-5-11(10(2)3)7-14(13)17-12-8-16-9-12/h10-15H,4-9H2,1-3H3. The first-order chi connectivity index (χ1) is 8.20. The second-order valence-electron chi connectivity index (χ2n) is 5.82. The van der Waals surface area contributed by atoms with Crippen molar-refractivity contribution < 1.29 is 4.74 Å². The Kier molecular flexibility index (Phi) is 5.19. The van der Waals surface area contributed by atoms with E-state index in [2.05, 4.69) is 37.8 Å². The summed E-state index contributed by atoms with van der Waals surface area (Å²) in [6.07, 6.45) is 4.17. The summed E-state index contributed by atoms with van der Waals surface area (Å²) in [6, 6.07) is 0.737. The highest BCUT2D eigenvalue weighted by Gasteiger charge is 2.34. The molecule has 1 N–H and O–H groups in total. The van der Waals surface area contributed by atoms with Crippen molar-refractivity contribution in [2.24, 2.45) is 11.8 Å². The predicted octanol–water partition coefficient (Wildman–Crippen LogP) is 2.92. The molecule has 0 aromatic carbocycles. The minimum atomic E-state index is 0.737. The SMILES string of the molecule is CCNC1CCC(C(C)C)CC1SC1COC1. The lowest BCUT2D eigenvalue weighted by Crippen LogP contribution is -2.46. The van der Waals surface area contributed by atoms with Crippen LogP contribution < -0.4 is 5.32 Å². The average Bonchev–Trinajstić information content (AvgIpc) is 2.25. The molecule has 2 rings (SSSR count). The number of thioether (sulfide) groups is 1. The van der Waals surface area contributed by atoms with Gasteiger partial charge in [0.05, 0.1) is 18.5 Å². The summed E-state index contributed by atoms with van der Waals surface area (Å²) in [5.41, 5.74) is 0. The molecule has 100 valence electrons. The van der Waals surface area contributed by atoms with E-state index in [1.807, 2.05) is 0 Å². The second-order valence-corrected chi connectivity index (χ2v) is 7.36. The average molecular weight is 257 g/mol. The Balaban J connectivity index is 1.88. The van der Waals surface area contributed by atoms with Crippen molar-refractivity contribution in [1.82, 2.24) is 5.32 Å². The van der Waals surface area contributed by atoms with Gasteiger partial charge in [0, 0.05) is 11.3 Å². The van der Waals surface area contributed by atoms with Crippen LogP contribution in [-0.2, 0) is 4.74 Å². The lowest BCUT2D eigenvalue weighted by molar-refractivity contribution is 0.0449. The number of rotatable bonds is 5. The summed E-state index contributed by atoms with van der Waals surface area (Å²) in [6.45, 7) is 10.1. The van der Waals surface area contributed by atoms with Crippen LogP contribution in [0, 0.1) is 11.8 Å².